The van der Waals surface area contributed by atoms with Crippen LogP contribution in [0, 0.1) is 0 Å². The van der Waals surface area contributed by atoms with Crippen LogP contribution in [0.4, 0.5) is 0 Å². The maximum Gasteiger partial charge on any atom is 0.327 e. The third-order valence-electron chi connectivity index (χ3n) is 2.12. The van der Waals surface area contributed by atoms with Crippen molar-refractivity contribution in [3.05, 3.63) is 48.6 Å². The molecule has 1 unspecified atom stereocenters. The molecule has 1 atom stereocenters. The van der Waals surface area contributed by atoms with Crippen molar-refractivity contribution in [2.24, 2.45) is 0 Å². The van der Waals surface area contributed by atoms with Crippen LogP contribution >= 0.6 is 12.4 Å². The number of ether oxygens (including phenoxy) is 1. The molecule has 94 valence electrons. The third-order valence-corrected chi connectivity index (χ3v) is 2.12. The highest BCUT2D eigenvalue weighted by molar-refractivity contribution is 5.85. The number of carbonyl (C=O) groups is 1. The first kappa shape index (κ1) is 15.7. The molecule has 0 heterocycles. The predicted octanol–water partition coefficient (Wildman–Crippen LogP) is 2.49. The number of nitrogens with one attached hydrogen (secondary N) is 1. The van der Waals surface area contributed by atoms with Crippen LogP contribution in [0.25, 0.3) is 0 Å². The Hall–Kier alpha value is -1.32. The molecule has 17 heavy (non-hydrogen) atoms. The molecular weight excluding hydrogens is 238 g/mol. The van der Waals surface area contributed by atoms with E-state index in [0.29, 0.717) is 13.2 Å². The van der Waals surface area contributed by atoms with Crippen molar-refractivity contribution < 1.29 is 9.53 Å². The van der Waals surface area contributed by atoms with Crippen molar-refractivity contribution in [3.8, 4) is 0 Å². The average Bonchev–Trinajstić information content (AvgIpc) is 2.31. The normalized spacial score (nSPS) is 11.1. The number of rotatable bonds is 6. The molecule has 0 aliphatic carbocycles. The van der Waals surface area contributed by atoms with Gasteiger partial charge in [0.15, 0.2) is 0 Å². The Morgan fingerprint density at radius 1 is 1.47 bits per heavy atom. The number of halogens is 1. The summed E-state index contributed by atoms with van der Waals surface area (Å²) in [5.74, 6) is -0.254. The maximum absolute atomic E-state index is 11.7. The highest BCUT2D eigenvalue weighted by Gasteiger charge is 2.20. The molecule has 0 saturated heterocycles. The zero-order chi connectivity index (χ0) is 11.8. The lowest BCUT2D eigenvalue weighted by atomic mass is 10.1. The summed E-state index contributed by atoms with van der Waals surface area (Å²) < 4.78 is 5.02. The van der Waals surface area contributed by atoms with Crippen molar-refractivity contribution in [2.45, 2.75) is 13.0 Å². The monoisotopic (exact) mass is 255 g/mol. The minimum Gasteiger partial charge on any atom is -0.465 e. The summed E-state index contributed by atoms with van der Waals surface area (Å²) in [4.78, 5) is 11.7. The summed E-state index contributed by atoms with van der Waals surface area (Å²) in [6, 6.07) is 9.10. The number of carbonyl (C=O) groups excluding carboxylic acids is 1. The van der Waals surface area contributed by atoms with Gasteiger partial charge in [0.05, 0.1) is 6.61 Å². The highest BCUT2D eigenvalue weighted by atomic mass is 35.5. The molecule has 0 bridgehead atoms. The van der Waals surface area contributed by atoms with E-state index in [-0.39, 0.29) is 18.4 Å². The van der Waals surface area contributed by atoms with E-state index in [1.54, 1.807) is 13.0 Å². The molecule has 0 aromatic heterocycles. The van der Waals surface area contributed by atoms with Gasteiger partial charge in [0, 0.05) is 6.54 Å². The summed E-state index contributed by atoms with van der Waals surface area (Å²) in [7, 11) is 0. The maximum atomic E-state index is 11.7. The van der Waals surface area contributed by atoms with Gasteiger partial charge in [0.1, 0.15) is 6.04 Å². The van der Waals surface area contributed by atoms with Gasteiger partial charge >= 0.3 is 5.97 Å². The van der Waals surface area contributed by atoms with Gasteiger partial charge in [-0.25, -0.2) is 4.79 Å². The van der Waals surface area contributed by atoms with Crippen molar-refractivity contribution in [2.75, 3.05) is 13.2 Å². The minimum atomic E-state index is -0.417. The van der Waals surface area contributed by atoms with E-state index < -0.39 is 6.04 Å². The largest absolute Gasteiger partial charge is 0.465 e. The Labute approximate surface area is 108 Å². The van der Waals surface area contributed by atoms with E-state index in [1.807, 2.05) is 30.3 Å². The van der Waals surface area contributed by atoms with Gasteiger partial charge in [-0.15, -0.1) is 19.0 Å². The highest BCUT2D eigenvalue weighted by Crippen LogP contribution is 2.13. The molecule has 1 aromatic carbocycles. The van der Waals surface area contributed by atoms with Crippen LogP contribution in [0.1, 0.15) is 18.5 Å². The number of benzene rings is 1. The van der Waals surface area contributed by atoms with Crippen molar-refractivity contribution in [1.82, 2.24) is 5.32 Å². The van der Waals surface area contributed by atoms with Crippen LogP contribution in [0.2, 0.25) is 0 Å². The van der Waals surface area contributed by atoms with Gasteiger partial charge in [0.25, 0.3) is 0 Å². The lowest BCUT2D eigenvalue weighted by molar-refractivity contribution is -0.145. The summed E-state index contributed by atoms with van der Waals surface area (Å²) in [6.07, 6.45) is 1.72. The van der Waals surface area contributed by atoms with Crippen molar-refractivity contribution in [3.63, 3.8) is 0 Å². The van der Waals surface area contributed by atoms with E-state index >= 15 is 0 Å². The Kier molecular flexibility index (Phi) is 8.11. The molecule has 0 spiro atoms. The van der Waals surface area contributed by atoms with Gasteiger partial charge < -0.3 is 4.74 Å². The van der Waals surface area contributed by atoms with Crippen LogP contribution < -0.4 is 5.32 Å². The Morgan fingerprint density at radius 3 is 2.65 bits per heavy atom. The third kappa shape index (κ3) is 5.02. The predicted molar refractivity (Wildman–Crippen MR) is 71.3 cm³/mol. The number of hydrogen-bond donors (Lipinski definition) is 1. The SMILES string of the molecule is C=CCNC(C(=O)OCC)c1ccccc1.Cl. The smallest absolute Gasteiger partial charge is 0.327 e. The Morgan fingerprint density at radius 2 is 2.12 bits per heavy atom. The van der Waals surface area contributed by atoms with Crippen LogP contribution in [-0.2, 0) is 9.53 Å². The molecular formula is C13H18ClNO2. The lowest BCUT2D eigenvalue weighted by Gasteiger charge is -2.16. The molecule has 1 rings (SSSR count). The van der Waals surface area contributed by atoms with Crippen LogP contribution in [-0.4, -0.2) is 19.1 Å². The lowest BCUT2D eigenvalue weighted by Crippen LogP contribution is -2.30. The second-order valence-corrected chi connectivity index (χ2v) is 3.29. The Bertz CT molecular complexity index is 341. The van der Waals surface area contributed by atoms with E-state index in [1.165, 1.54) is 0 Å². The fourth-order valence-electron chi connectivity index (χ4n) is 1.41. The van der Waals surface area contributed by atoms with E-state index in [0.717, 1.165) is 5.56 Å². The molecule has 1 aromatic rings. The molecule has 0 fully saturated rings. The first-order valence-corrected chi connectivity index (χ1v) is 5.35. The van der Waals surface area contributed by atoms with E-state index in [2.05, 4.69) is 11.9 Å². The average molecular weight is 256 g/mol. The van der Waals surface area contributed by atoms with Gasteiger partial charge in [-0.2, -0.15) is 0 Å². The van der Waals surface area contributed by atoms with E-state index in [9.17, 15) is 4.79 Å². The molecule has 3 nitrogen and oxygen atoms in total. The standard InChI is InChI=1S/C13H17NO2.ClH/c1-3-10-14-12(13(15)16-4-2)11-8-6-5-7-9-11;/h3,5-9,12,14H,1,4,10H2,2H3;1H. The topological polar surface area (TPSA) is 38.3 Å². The molecule has 0 saturated carbocycles. The molecule has 4 heteroatoms. The van der Waals surface area contributed by atoms with Gasteiger partial charge in [-0.3, -0.25) is 5.32 Å². The Balaban J connectivity index is 0.00000256. The second kappa shape index (κ2) is 8.79. The number of esters is 1. The summed E-state index contributed by atoms with van der Waals surface area (Å²) in [5, 5.41) is 3.08. The molecule has 1 N–H and O–H groups in total. The van der Waals surface area contributed by atoms with Crippen LogP contribution in [0.15, 0.2) is 43.0 Å². The van der Waals surface area contributed by atoms with Crippen LogP contribution in [0.5, 0.6) is 0 Å². The van der Waals surface area contributed by atoms with Crippen molar-refractivity contribution >= 4 is 18.4 Å². The molecule has 0 aliphatic rings. The zero-order valence-electron chi connectivity index (χ0n) is 9.89. The van der Waals surface area contributed by atoms with Gasteiger partial charge in [0.2, 0.25) is 0 Å². The summed E-state index contributed by atoms with van der Waals surface area (Å²) >= 11 is 0. The van der Waals surface area contributed by atoms with Gasteiger partial charge in [-0.1, -0.05) is 36.4 Å². The number of hydrogen-bond acceptors (Lipinski definition) is 3. The van der Waals surface area contributed by atoms with Crippen molar-refractivity contribution in [1.29, 1.82) is 0 Å². The quantitative estimate of drug-likeness (QED) is 0.627. The first-order chi connectivity index (χ1) is 7.79. The molecule has 0 amide bonds. The minimum absolute atomic E-state index is 0. The zero-order valence-corrected chi connectivity index (χ0v) is 10.7. The van der Waals surface area contributed by atoms with E-state index in [4.69, 9.17) is 4.74 Å². The van der Waals surface area contributed by atoms with Crippen LogP contribution in [0.3, 0.4) is 0 Å². The fourth-order valence-corrected chi connectivity index (χ4v) is 1.41. The summed E-state index contributed by atoms with van der Waals surface area (Å²) in [5.41, 5.74) is 0.905. The second-order valence-electron chi connectivity index (χ2n) is 3.29. The molecule has 0 radical (unpaired) electrons. The first-order valence-electron chi connectivity index (χ1n) is 5.35. The fraction of sp³-hybridized carbons (Fsp3) is 0.308. The molecule has 0 aliphatic heterocycles. The summed E-state index contributed by atoms with van der Waals surface area (Å²) in [6.45, 7) is 6.37. The van der Waals surface area contributed by atoms with Gasteiger partial charge in [-0.05, 0) is 12.5 Å².